The summed E-state index contributed by atoms with van der Waals surface area (Å²) in [6.45, 7) is 4.38. The lowest BCUT2D eigenvalue weighted by Crippen LogP contribution is -2.20. The van der Waals surface area contributed by atoms with Crippen LogP contribution in [0.5, 0.6) is 5.75 Å². The van der Waals surface area contributed by atoms with Gasteiger partial charge in [0.05, 0.1) is 21.5 Å². The van der Waals surface area contributed by atoms with E-state index in [1.54, 1.807) is 37.3 Å². The van der Waals surface area contributed by atoms with E-state index in [0.29, 0.717) is 33.7 Å². The van der Waals surface area contributed by atoms with Crippen molar-refractivity contribution in [2.75, 3.05) is 12.3 Å². The molecule has 170 valence electrons. The van der Waals surface area contributed by atoms with Gasteiger partial charge < -0.3 is 10.5 Å². The number of carbonyl (C=O) groups excluding carboxylic acids is 1. The third kappa shape index (κ3) is 4.86. The van der Waals surface area contributed by atoms with Crippen LogP contribution in [0.15, 0.2) is 46.1 Å². The predicted octanol–water partition coefficient (Wildman–Crippen LogP) is 3.56. The van der Waals surface area contributed by atoms with Gasteiger partial charge in [0.15, 0.2) is 5.69 Å². The third-order valence-corrected chi connectivity index (χ3v) is 5.78. The Hall–Kier alpha value is -3.77. The average Bonchev–Trinajstić information content (AvgIpc) is 3.55. The van der Waals surface area contributed by atoms with Gasteiger partial charge in [-0.1, -0.05) is 23.7 Å². The largest absolute Gasteiger partial charge is 0.494 e. The number of rotatable bonds is 8. The van der Waals surface area contributed by atoms with E-state index >= 15 is 0 Å². The van der Waals surface area contributed by atoms with E-state index in [2.05, 4.69) is 35.8 Å². The number of nitrogen functional groups attached to an aromatic ring is 1. The van der Waals surface area contributed by atoms with Crippen LogP contribution in [0.4, 0.5) is 5.82 Å². The molecule has 4 aromatic rings. The minimum absolute atomic E-state index is 0.000512. The zero-order chi connectivity index (χ0) is 23.4. The average molecular weight is 487 g/mol. The van der Waals surface area contributed by atoms with Crippen molar-refractivity contribution in [1.29, 1.82) is 0 Å². The maximum Gasteiger partial charge on any atom is 0.294 e. The van der Waals surface area contributed by atoms with Gasteiger partial charge in [0, 0.05) is 5.56 Å². The lowest BCUT2D eigenvalue weighted by atomic mass is 10.1. The minimum atomic E-state index is -0.570. The fourth-order valence-corrected chi connectivity index (χ4v) is 3.85. The van der Waals surface area contributed by atoms with Crippen LogP contribution in [0.2, 0.25) is 4.34 Å². The van der Waals surface area contributed by atoms with Crippen molar-refractivity contribution >= 4 is 40.4 Å². The summed E-state index contributed by atoms with van der Waals surface area (Å²) in [7, 11) is 0. The van der Waals surface area contributed by atoms with E-state index in [1.165, 1.54) is 16.0 Å². The first-order chi connectivity index (χ1) is 16.0. The molecule has 0 saturated carbocycles. The molecule has 0 saturated heterocycles. The smallest absolute Gasteiger partial charge is 0.294 e. The van der Waals surface area contributed by atoms with Gasteiger partial charge in [-0.2, -0.15) is 9.78 Å². The van der Waals surface area contributed by atoms with Gasteiger partial charge in [0.25, 0.3) is 5.91 Å². The lowest BCUT2D eigenvalue weighted by molar-refractivity contribution is 0.0950. The first-order valence-electron chi connectivity index (χ1n) is 9.85. The van der Waals surface area contributed by atoms with E-state index in [1.807, 2.05) is 13.0 Å². The van der Waals surface area contributed by atoms with Gasteiger partial charge >= 0.3 is 0 Å². The Morgan fingerprint density at radius 1 is 1.27 bits per heavy atom. The zero-order valence-corrected chi connectivity index (χ0v) is 19.2. The number of nitrogens with one attached hydrogen (secondary N) is 1. The number of carbonyl (C=O) groups is 1. The number of nitrogens with two attached hydrogens (primary N) is 1. The monoisotopic (exact) mass is 486 g/mol. The Kier molecular flexibility index (Phi) is 6.66. The third-order valence-electron chi connectivity index (χ3n) is 4.44. The molecule has 1 aromatic carbocycles. The van der Waals surface area contributed by atoms with E-state index in [-0.39, 0.29) is 17.3 Å². The molecule has 0 spiro atoms. The number of hydrazone groups is 1. The molecular formula is C20H19ClN8O3S. The normalized spacial score (nSPS) is 11.5. The minimum Gasteiger partial charge on any atom is -0.494 e. The lowest BCUT2D eigenvalue weighted by Gasteiger charge is -2.08. The number of ether oxygens (including phenoxy) is 1. The molecule has 4 rings (SSSR count). The topological polar surface area (TPSA) is 146 Å². The van der Waals surface area contributed by atoms with E-state index in [9.17, 15) is 4.79 Å². The summed E-state index contributed by atoms with van der Waals surface area (Å²) in [6, 6.07) is 10.7. The number of nitrogens with zero attached hydrogens (tertiary/aromatic N) is 6. The zero-order valence-electron chi connectivity index (χ0n) is 17.6. The molecule has 0 unspecified atom stereocenters. The van der Waals surface area contributed by atoms with Crippen LogP contribution >= 0.6 is 22.9 Å². The van der Waals surface area contributed by atoms with Crippen molar-refractivity contribution in [2.24, 2.45) is 5.10 Å². The first-order valence-corrected chi connectivity index (χ1v) is 11.0. The molecule has 0 aliphatic carbocycles. The van der Waals surface area contributed by atoms with Crippen molar-refractivity contribution in [2.45, 2.75) is 20.3 Å². The number of benzene rings is 1. The quantitative estimate of drug-likeness (QED) is 0.284. The number of thiophene rings is 1. The molecule has 3 aromatic heterocycles. The van der Waals surface area contributed by atoms with Crippen LogP contribution in [-0.4, -0.2) is 43.5 Å². The number of amides is 1. The van der Waals surface area contributed by atoms with E-state index in [0.717, 1.165) is 11.3 Å². The second kappa shape index (κ2) is 9.79. The van der Waals surface area contributed by atoms with Gasteiger partial charge in [0.1, 0.15) is 11.4 Å². The van der Waals surface area contributed by atoms with Crippen molar-refractivity contribution in [3.63, 3.8) is 0 Å². The summed E-state index contributed by atoms with van der Waals surface area (Å²) in [5, 5.41) is 19.6. The molecule has 33 heavy (non-hydrogen) atoms. The predicted molar refractivity (Wildman–Crippen MR) is 124 cm³/mol. The van der Waals surface area contributed by atoms with Crippen LogP contribution in [0.25, 0.3) is 17.1 Å². The Labute approximate surface area is 197 Å². The van der Waals surface area contributed by atoms with Crippen LogP contribution in [0.1, 0.15) is 35.6 Å². The number of hydrogen-bond donors (Lipinski definition) is 2. The van der Waals surface area contributed by atoms with Gasteiger partial charge in [0.2, 0.25) is 11.6 Å². The Balaban J connectivity index is 1.69. The molecule has 0 aliphatic heterocycles. The SMILES string of the molecule is CCCOc1ccc(-c2c(C(=O)N/N=C(\C)c3ccc(Cl)s3)nnn2-c2nonc2N)cc1. The Morgan fingerprint density at radius 2 is 2.06 bits per heavy atom. The fraction of sp³-hybridized carbons (Fsp3) is 0.200. The van der Waals surface area contributed by atoms with Gasteiger partial charge in [-0.15, -0.1) is 16.4 Å². The molecule has 0 fully saturated rings. The van der Waals surface area contributed by atoms with Crippen molar-refractivity contribution < 1.29 is 14.2 Å². The Bertz CT molecular complexity index is 1290. The summed E-state index contributed by atoms with van der Waals surface area (Å²) in [5.41, 5.74) is 9.92. The van der Waals surface area contributed by atoms with Crippen LogP contribution in [-0.2, 0) is 0 Å². The molecule has 13 heteroatoms. The Morgan fingerprint density at radius 3 is 2.70 bits per heavy atom. The van der Waals surface area contributed by atoms with Gasteiger partial charge in [-0.05, 0) is 60.1 Å². The highest BCUT2D eigenvalue weighted by atomic mass is 35.5. The first kappa shape index (κ1) is 22.4. The van der Waals surface area contributed by atoms with Crippen LogP contribution < -0.4 is 15.9 Å². The molecule has 0 bridgehead atoms. The second-order valence-electron chi connectivity index (χ2n) is 6.79. The standard InChI is InChI=1S/C20H19ClN8O3S/c1-3-10-31-13-6-4-12(5-7-13)17-16(24-28-29(17)19-18(22)26-32-27-19)20(30)25-23-11(2)14-8-9-15(21)33-14/h4-9H,3,10H2,1-2H3,(H2,22,26)(H,25,30)/b23-11+. The summed E-state index contributed by atoms with van der Waals surface area (Å²) < 4.78 is 12.2. The summed E-state index contributed by atoms with van der Waals surface area (Å²) in [5.74, 6) is 0.234. The highest BCUT2D eigenvalue weighted by molar-refractivity contribution is 7.18. The molecule has 0 aliphatic rings. The van der Waals surface area contributed by atoms with Gasteiger partial charge in [-0.3, -0.25) is 4.79 Å². The second-order valence-corrected chi connectivity index (χ2v) is 8.50. The molecular weight excluding hydrogens is 468 g/mol. The van der Waals surface area contributed by atoms with Crippen LogP contribution in [0, 0.1) is 0 Å². The maximum absolute atomic E-state index is 13.0. The number of hydrogen-bond acceptors (Lipinski definition) is 10. The van der Waals surface area contributed by atoms with E-state index in [4.69, 9.17) is 22.1 Å². The van der Waals surface area contributed by atoms with Crippen molar-refractivity contribution in [1.82, 2.24) is 30.7 Å². The molecule has 1 amide bonds. The molecule has 0 radical (unpaired) electrons. The number of anilines is 1. The molecule has 3 N–H and O–H groups in total. The number of aromatic nitrogens is 5. The van der Waals surface area contributed by atoms with Gasteiger partial charge in [-0.25, -0.2) is 10.1 Å². The maximum atomic E-state index is 13.0. The highest BCUT2D eigenvalue weighted by Gasteiger charge is 2.25. The van der Waals surface area contributed by atoms with Crippen LogP contribution in [0.3, 0.4) is 0 Å². The molecule has 0 atom stereocenters. The highest BCUT2D eigenvalue weighted by Crippen LogP contribution is 2.28. The van der Waals surface area contributed by atoms with Crippen molar-refractivity contribution in [3.8, 4) is 22.8 Å². The fourth-order valence-electron chi connectivity index (χ4n) is 2.86. The molecule has 11 nitrogen and oxygen atoms in total. The molecule has 3 heterocycles. The van der Waals surface area contributed by atoms with Crippen molar-refractivity contribution in [3.05, 3.63) is 51.3 Å². The summed E-state index contributed by atoms with van der Waals surface area (Å²) >= 11 is 7.33. The summed E-state index contributed by atoms with van der Waals surface area (Å²) in [6.07, 6.45) is 0.888. The summed E-state index contributed by atoms with van der Waals surface area (Å²) in [4.78, 5) is 13.8. The number of halogens is 1. The van der Waals surface area contributed by atoms with E-state index < -0.39 is 5.91 Å².